The minimum Gasteiger partial charge on any atom is -0.494 e. The molecular formula is C41H44FN7O9. The summed E-state index contributed by atoms with van der Waals surface area (Å²) in [5.41, 5.74) is 1.13. The molecule has 3 aromatic carbocycles. The van der Waals surface area contributed by atoms with E-state index in [1.165, 1.54) is 31.2 Å². The van der Waals surface area contributed by atoms with Gasteiger partial charge in [-0.15, -0.1) is 0 Å². The number of carbonyl (C=O) groups excluding carboxylic acids is 4. The van der Waals surface area contributed by atoms with E-state index in [4.69, 9.17) is 14.0 Å². The van der Waals surface area contributed by atoms with Gasteiger partial charge in [0.2, 0.25) is 17.6 Å². The normalized spacial score (nSPS) is 12.0. The summed E-state index contributed by atoms with van der Waals surface area (Å²) in [6.07, 6.45) is 0.697. The molecule has 304 valence electrons. The van der Waals surface area contributed by atoms with Crippen LogP contribution in [-0.4, -0.2) is 57.0 Å². The molecule has 2 heterocycles. The highest BCUT2D eigenvalue weighted by atomic mass is 19.1. The first-order chi connectivity index (χ1) is 27.6. The van der Waals surface area contributed by atoms with Crippen LogP contribution in [0.1, 0.15) is 71.0 Å². The van der Waals surface area contributed by atoms with Crippen molar-refractivity contribution in [1.29, 1.82) is 0 Å². The highest BCUT2D eigenvalue weighted by Gasteiger charge is 2.28. The van der Waals surface area contributed by atoms with E-state index in [2.05, 4.69) is 31.4 Å². The molecule has 0 spiro atoms. The number of halogens is 1. The van der Waals surface area contributed by atoms with Crippen LogP contribution in [0.3, 0.4) is 0 Å². The van der Waals surface area contributed by atoms with E-state index in [0.717, 1.165) is 5.56 Å². The molecule has 16 nitrogen and oxygen atoms in total. The fourth-order valence-electron chi connectivity index (χ4n) is 5.74. The van der Waals surface area contributed by atoms with E-state index in [1.54, 1.807) is 70.2 Å². The topological polar surface area (TPSA) is 216 Å². The van der Waals surface area contributed by atoms with Crippen molar-refractivity contribution in [3.8, 4) is 11.5 Å². The molecule has 17 heteroatoms. The summed E-state index contributed by atoms with van der Waals surface area (Å²) in [6, 6.07) is 15.2. The molecule has 58 heavy (non-hydrogen) atoms. The lowest BCUT2D eigenvalue weighted by molar-refractivity contribution is -0.128. The number of aromatic nitrogens is 3. The van der Waals surface area contributed by atoms with Gasteiger partial charge in [0.25, 0.3) is 17.4 Å². The highest BCUT2D eigenvalue weighted by molar-refractivity contribution is 6.07. The van der Waals surface area contributed by atoms with E-state index in [0.29, 0.717) is 51.5 Å². The lowest BCUT2D eigenvalue weighted by atomic mass is 10.0. The van der Waals surface area contributed by atoms with Crippen molar-refractivity contribution in [2.75, 3.05) is 17.2 Å². The molecule has 5 N–H and O–H groups in total. The van der Waals surface area contributed by atoms with Gasteiger partial charge in [-0.25, -0.2) is 4.79 Å². The number of rotatable bonds is 16. The molecule has 0 fully saturated rings. The first kappa shape index (κ1) is 42.1. The van der Waals surface area contributed by atoms with Crippen LogP contribution in [0.25, 0.3) is 0 Å². The minimum atomic E-state index is -1.10. The molecule has 0 saturated heterocycles. The van der Waals surface area contributed by atoms with Crippen LogP contribution < -0.4 is 42.0 Å². The van der Waals surface area contributed by atoms with E-state index >= 15 is 0 Å². The minimum absolute atomic E-state index is 0.102. The summed E-state index contributed by atoms with van der Waals surface area (Å²) in [5, 5.41) is 14.8. The van der Waals surface area contributed by atoms with Gasteiger partial charge in [-0.3, -0.25) is 28.5 Å². The maximum absolute atomic E-state index is 13.6. The zero-order valence-electron chi connectivity index (χ0n) is 32.7. The molecule has 5 rings (SSSR count). The zero-order chi connectivity index (χ0) is 42.1. The average molecular weight is 798 g/mol. The first-order valence-electron chi connectivity index (χ1n) is 18.4. The maximum Gasteiger partial charge on any atom is 0.328 e. The number of benzene rings is 3. The molecular weight excluding hydrogens is 753 g/mol. The van der Waals surface area contributed by atoms with Gasteiger partial charge in [0, 0.05) is 29.2 Å². The summed E-state index contributed by atoms with van der Waals surface area (Å²) < 4.78 is 31.2. The summed E-state index contributed by atoms with van der Waals surface area (Å²) in [6.45, 7) is 10.7. The molecule has 0 aliphatic rings. The number of ether oxygens (including phenoxy) is 2. The van der Waals surface area contributed by atoms with Gasteiger partial charge >= 0.3 is 5.69 Å². The van der Waals surface area contributed by atoms with Crippen molar-refractivity contribution in [2.24, 2.45) is 5.92 Å². The zero-order valence-corrected chi connectivity index (χ0v) is 32.7. The summed E-state index contributed by atoms with van der Waals surface area (Å²) in [5.74, 6) is -2.35. The van der Waals surface area contributed by atoms with E-state index in [-0.39, 0.29) is 35.9 Å². The SMILES string of the molecule is CCOc1ccc(C(=O)Nc2cccc(C(=O)N[C@H](C(=O)N[C@@H](C)C(=O)Nc3ccc(Cn4c(=O)[nH]cc(F)c4=O)cc3)C(C)C)c2)c(OCc2c(C)noc2C)c1. The average Bonchev–Trinajstić information content (AvgIpc) is 3.52. The van der Waals surface area contributed by atoms with Crippen molar-refractivity contribution in [1.82, 2.24) is 25.3 Å². The summed E-state index contributed by atoms with van der Waals surface area (Å²) >= 11 is 0. The van der Waals surface area contributed by atoms with Gasteiger partial charge in [0.15, 0.2) is 0 Å². The summed E-state index contributed by atoms with van der Waals surface area (Å²) in [4.78, 5) is 79.5. The van der Waals surface area contributed by atoms with Gasteiger partial charge in [0.1, 0.15) is 35.9 Å². The predicted molar refractivity (Wildman–Crippen MR) is 211 cm³/mol. The fraction of sp³-hybridized carbons (Fsp3) is 0.293. The van der Waals surface area contributed by atoms with Crippen molar-refractivity contribution < 1.29 is 37.6 Å². The first-order valence-corrected chi connectivity index (χ1v) is 18.4. The van der Waals surface area contributed by atoms with Gasteiger partial charge in [0.05, 0.1) is 30.0 Å². The fourth-order valence-corrected chi connectivity index (χ4v) is 5.74. The summed E-state index contributed by atoms with van der Waals surface area (Å²) in [7, 11) is 0. The Balaban J connectivity index is 1.19. The molecule has 0 radical (unpaired) electrons. The van der Waals surface area contributed by atoms with Crippen molar-refractivity contribution in [3.05, 3.63) is 133 Å². The second-order valence-electron chi connectivity index (χ2n) is 13.7. The Labute approximate surface area is 332 Å². The number of nitrogens with one attached hydrogen (secondary N) is 5. The molecule has 2 aromatic heterocycles. The van der Waals surface area contributed by atoms with Gasteiger partial charge in [-0.1, -0.05) is 37.2 Å². The Morgan fingerprint density at radius 1 is 0.879 bits per heavy atom. The Hall–Kier alpha value is -7.04. The lowest BCUT2D eigenvalue weighted by Crippen LogP contribution is -2.53. The lowest BCUT2D eigenvalue weighted by Gasteiger charge is -2.24. The third-order valence-electron chi connectivity index (χ3n) is 9.01. The number of anilines is 2. The van der Waals surface area contributed by atoms with Crippen molar-refractivity contribution in [3.63, 3.8) is 0 Å². The highest BCUT2D eigenvalue weighted by Crippen LogP contribution is 2.28. The van der Waals surface area contributed by atoms with Crippen LogP contribution in [0, 0.1) is 25.6 Å². The molecule has 0 aliphatic carbocycles. The van der Waals surface area contributed by atoms with E-state index < -0.39 is 52.8 Å². The number of H-pyrrole nitrogens is 1. The standard InChI is InChI=1S/C41H44FN7O9/c1-7-56-30-15-16-31(34(18-30)57-21-32-23(4)48-58-25(32)6)38(52)46-29-10-8-9-27(17-29)37(51)47-35(22(2)3)39(53)44-24(5)36(50)45-28-13-11-26(12-14-28)20-49-40(54)33(42)19-43-41(49)55/h8-19,22,24,35H,7,20-21H2,1-6H3,(H,43,55)(H,44,53)(H,45,50)(H,46,52)(H,47,51)/t24-,35-/m0/s1. The van der Waals surface area contributed by atoms with Gasteiger partial charge in [-0.2, -0.15) is 4.39 Å². The van der Waals surface area contributed by atoms with E-state index in [9.17, 15) is 33.2 Å². The van der Waals surface area contributed by atoms with Crippen LogP contribution in [0.15, 0.2) is 87.0 Å². The Morgan fingerprint density at radius 2 is 1.62 bits per heavy atom. The van der Waals surface area contributed by atoms with Crippen LogP contribution in [0.2, 0.25) is 0 Å². The quantitative estimate of drug-likeness (QED) is 0.0945. The van der Waals surface area contributed by atoms with Crippen LogP contribution in [0.5, 0.6) is 11.5 Å². The van der Waals surface area contributed by atoms with Crippen molar-refractivity contribution >= 4 is 35.0 Å². The van der Waals surface area contributed by atoms with Crippen LogP contribution >= 0.6 is 0 Å². The number of hydrogen-bond donors (Lipinski definition) is 5. The largest absolute Gasteiger partial charge is 0.494 e. The Kier molecular flexibility index (Phi) is 13.6. The number of amides is 4. The third-order valence-corrected chi connectivity index (χ3v) is 9.01. The second-order valence-corrected chi connectivity index (χ2v) is 13.7. The molecule has 0 aliphatic heterocycles. The second kappa shape index (κ2) is 18.7. The predicted octanol–water partition coefficient (Wildman–Crippen LogP) is 4.46. The smallest absolute Gasteiger partial charge is 0.328 e. The van der Waals surface area contributed by atoms with Crippen LogP contribution in [-0.2, 0) is 22.7 Å². The number of aryl methyl sites for hydroxylation is 2. The number of carbonyl (C=O) groups is 4. The van der Waals surface area contributed by atoms with E-state index in [1.807, 2.05) is 6.92 Å². The maximum atomic E-state index is 13.6. The molecule has 2 atom stereocenters. The molecule has 0 saturated carbocycles. The van der Waals surface area contributed by atoms with Crippen molar-refractivity contribution in [2.45, 2.75) is 66.8 Å². The molecule has 0 bridgehead atoms. The van der Waals surface area contributed by atoms with Gasteiger partial charge < -0.3 is 40.2 Å². The third kappa shape index (κ3) is 10.4. The van der Waals surface area contributed by atoms with Gasteiger partial charge in [-0.05, 0) is 81.6 Å². The monoisotopic (exact) mass is 797 g/mol. The molecule has 4 amide bonds. The molecule has 0 unspecified atom stereocenters. The number of hydrogen-bond acceptors (Lipinski definition) is 10. The van der Waals surface area contributed by atoms with Crippen LogP contribution in [0.4, 0.5) is 15.8 Å². The number of nitrogens with zero attached hydrogens (tertiary/aromatic N) is 2. The Bertz CT molecular complexity index is 2400. The molecule has 5 aromatic rings. The number of aromatic amines is 1. The Morgan fingerprint density at radius 3 is 2.29 bits per heavy atom.